The number of nitrogens with zero attached hydrogens (tertiary/aromatic N) is 2. The van der Waals surface area contributed by atoms with Gasteiger partial charge in [-0.25, -0.2) is 9.78 Å². The fourth-order valence-corrected chi connectivity index (χ4v) is 1.67. The van der Waals surface area contributed by atoms with E-state index in [-0.39, 0.29) is 5.69 Å². The van der Waals surface area contributed by atoms with Crippen LogP contribution in [0.3, 0.4) is 0 Å². The van der Waals surface area contributed by atoms with Gasteiger partial charge in [0, 0.05) is 17.5 Å². The van der Waals surface area contributed by atoms with Crippen LogP contribution in [-0.4, -0.2) is 16.1 Å². The number of rotatable bonds is 1. The molecule has 0 saturated heterocycles. The van der Waals surface area contributed by atoms with Crippen molar-refractivity contribution in [3.63, 3.8) is 0 Å². The van der Waals surface area contributed by atoms with Crippen molar-refractivity contribution in [1.29, 1.82) is 0 Å². The summed E-state index contributed by atoms with van der Waals surface area (Å²) >= 11 is 6.82. The number of carbonyl (C=O) groups is 1. The highest BCUT2D eigenvalue weighted by Gasteiger charge is 2.05. The van der Waals surface area contributed by atoms with Crippen LogP contribution in [0.15, 0.2) is 29.8 Å². The summed E-state index contributed by atoms with van der Waals surface area (Å²) in [6.07, 6.45) is 6.87. The van der Waals surface area contributed by atoms with E-state index in [1.165, 1.54) is 5.38 Å². The quantitative estimate of drug-likeness (QED) is 0.484. The van der Waals surface area contributed by atoms with Crippen molar-refractivity contribution in [3.8, 4) is 12.3 Å². The van der Waals surface area contributed by atoms with Gasteiger partial charge in [-0.3, -0.25) is 0 Å². The molecule has 2 rings (SSSR count). The zero-order valence-corrected chi connectivity index (χ0v) is 15.1. The fraction of sp³-hybridized carbons (Fsp3) is 0.312. The summed E-state index contributed by atoms with van der Waals surface area (Å²) in [6.45, 7) is 8.00. The smallest absolute Gasteiger partial charge is 0.355 e. The summed E-state index contributed by atoms with van der Waals surface area (Å²) in [5.41, 5.74) is 0.0120. The third-order valence-electron chi connectivity index (χ3n) is 1.84. The van der Waals surface area contributed by atoms with E-state index in [9.17, 15) is 4.79 Å². The average molecular weight is 342 g/mol. The van der Waals surface area contributed by atoms with Crippen LogP contribution >= 0.6 is 22.9 Å². The van der Waals surface area contributed by atoms with Gasteiger partial charge >= 0.3 is 5.97 Å². The van der Waals surface area contributed by atoms with Crippen LogP contribution in [0.1, 0.15) is 43.2 Å². The molecule has 0 unspecified atom stereocenters. The monoisotopic (exact) mass is 341 g/mol. The second kappa shape index (κ2) is 14.1. The Labute approximate surface area is 141 Å². The highest BCUT2D eigenvalue weighted by Crippen LogP contribution is 2.07. The lowest BCUT2D eigenvalue weighted by molar-refractivity contribution is -0.669. The van der Waals surface area contributed by atoms with Crippen molar-refractivity contribution >= 4 is 28.9 Å². The molecule has 0 fully saturated rings. The van der Waals surface area contributed by atoms with Gasteiger partial charge in [0.15, 0.2) is 16.9 Å². The first-order chi connectivity index (χ1) is 10.5. The van der Waals surface area contributed by atoms with E-state index in [1.54, 1.807) is 0 Å². The third kappa shape index (κ3) is 9.11. The Hall–Kier alpha value is -1.90. The van der Waals surface area contributed by atoms with Gasteiger partial charge in [-0.1, -0.05) is 27.7 Å². The van der Waals surface area contributed by atoms with E-state index in [2.05, 4.69) is 10.9 Å². The summed E-state index contributed by atoms with van der Waals surface area (Å²) < 4.78 is 1.85. The first-order valence-corrected chi connectivity index (χ1v) is 8.06. The Kier molecular flexibility index (Phi) is 14.3. The number of hydrogen-bond acceptors (Lipinski definition) is 3. The normalized spacial score (nSPS) is 7.86. The molecule has 2 aromatic rings. The van der Waals surface area contributed by atoms with Gasteiger partial charge in [0.1, 0.15) is 7.05 Å². The summed E-state index contributed by atoms with van der Waals surface area (Å²) in [4.78, 5) is 13.8. The Morgan fingerprint density at radius 3 is 2.23 bits per heavy atom. The van der Waals surface area contributed by atoms with Crippen LogP contribution < -0.4 is 4.57 Å². The SMILES string of the molecule is C#Cc1nc(C(=O)O)cs1.CC.CC.C[n+]1ccccc1Cl. The fourth-order valence-electron chi connectivity index (χ4n) is 0.941. The number of carboxylic acids is 1. The standard InChI is InChI=1S/C6H7ClN.C6H3NO2S.2C2H6/c1-8-5-3-2-4-6(8)7;1-2-5-7-4(3-10-5)6(8)9;2*1-2/h2-5H,1H3;1,3H,(H,8,9);2*1-2H3/q+1;;;. The number of terminal acetylenes is 1. The van der Waals surface area contributed by atoms with E-state index in [4.69, 9.17) is 23.1 Å². The number of hydrogen-bond donors (Lipinski definition) is 1. The predicted molar refractivity (Wildman–Crippen MR) is 92.3 cm³/mol. The second-order valence-electron chi connectivity index (χ2n) is 3.12. The molecule has 0 saturated carbocycles. The summed E-state index contributed by atoms with van der Waals surface area (Å²) in [6, 6.07) is 5.69. The number of pyridine rings is 1. The minimum Gasteiger partial charge on any atom is -0.476 e. The molecular formula is C16H22ClN2O2S+. The minimum atomic E-state index is -1.04. The molecular weight excluding hydrogens is 320 g/mol. The molecule has 0 radical (unpaired) electrons. The highest BCUT2D eigenvalue weighted by atomic mass is 35.5. The van der Waals surface area contributed by atoms with Crippen LogP contribution in [0.4, 0.5) is 0 Å². The molecule has 0 aliphatic carbocycles. The molecule has 6 heteroatoms. The van der Waals surface area contributed by atoms with Crippen molar-refractivity contribution in [2.24, 2.45) is 7.05 Å². The van der Waals surface area contributed by atoms with Gasteiger partial charge in [-0.05, 0) is 23.6 Å². The molecule has 0 amide bonds. The van der Waals surface area contributed by atoms with E-state index < -0.39 is 5.97 Å². The van der Waals surface area contributed by atoms with E-state index in [0.29, 0.717) is 5.01 Å². The Morgan fingerprint density at radius 1 is 1.36 bits per heavy atom. The lowest BCUT2D eigenvalue weighted by Gasteiger charge is -1.84. The molecule has 0 aliphatic heterocycles. The average Bonchev–Trinajstić information content (AvgIpc) is 3.04. The molecule has 0 spiro atoms. The van der Waals surface area contributed by atoms with Crippen LogP contribution in [0.2, 0.25) is 5.15 Å². The highest BCUT2D eigenvalue weighted by molar-refractivity contribution is 7.10. The largest absolute Gasteiger partial charge is 0.476 e. The van der Waals surface area contributed by atoms with Gasteiger partial charge in [-0.2, -0.15) is 4.57 Å². The van der Waals surface area contributed by atoms with Crippen LogP contribution in [0, 0.1) is 12.3 Å². The van der Waals surface area contributed by atoms with Crippen molar-refractivity contribution in [3.05, 3.63) is 45.6 Å². The zero-order valence-electron chi connectivity index (χ0n) is 13.5. The second-order valence-corrected chi connectivity index (χ2v) is 4.37. The van der Waals surface area contributed by atoms with Gasteiger partial charge < -0.3 is 5.11 Å². The van der Waals surface area contributed by atoms with Crippen LogP contribution in [0.25, 0.3) is 0 Å². The molecule has 4 nitrogen and oxygen atoms in total. The Morgan fingerprint density at radius 2 is 1.95 bits per heavy atom. The van der Waals surface area contributed by atoms with Crippen molar-refractivity contribution < 1.29 is 14.5 Å². The van der Waals surface area contributed by atoms with Gasteiger partial charge in [0.2, 0.25) is 0 Å². The van der Waals surface area contributed by atoms with Crippen LogP contribution in [0.5, 0.6) is 0 Å². The first-order valence-electron chi connectivity index (χ1n) is 6.80. The number of halogens is 1. The molecule has 0 aromatic carbocycles. The van der Waals surface area contributed by atoms with Gasteiger partial charge in [0.05, 0.1) is 0 Å². The topological polar surface area (TPSA) is 54.1 Å². The summed E-state index contributed by atoms with van der Waals surface area (Å²) in [7, 11) is 1.91. The summed E-state index contributed by atoms with van der Waals surface area (Å²) in [5.74, 6) is 1.20. The maximum Gasteiger partial charge on any atom is 0.355 e. The lowest BCUT2D eigenvalue weighted by atomic mass is 10.5. The van der Waals surface area contributed by atoms with Gasteiger partial charge in [0.25, 0.3) is 5.15 Å². The molecule has 1 N–H and O–H groups in total. The molecule has 0 aliphatic rings. The Balaban J connectivity index is 0. The van der Waals surface area contributed by atoms with Crippen molar-refractivity contribution in [1.82, 2.24) is 4.98 Å². The lowest BCUT2D eigenvalue weighted by Crippen LogP contribution is -2.27. The summed E-state index contributed by atoms with van der Waals surface area (Å²) in [5, 5.41) is 10.9. The minimum absolute atomic E-state index is 0.0120. The van der Waals surface area contributed by atoms with E-state index in [1.807, 2.05) is 63.7 Å². The predicted octanol–water partition coefficient (Wildman–Crippen LogP) is 4.04. The maximum absolute atomic E-state index is 10.2. The number of carboxylic acid groups (broad SMARTS) is 1. The number of aryl methyl sites for hydroxylation is 1. The molecule has 2 aromatic heterocycles. The Bertz CT molecular complexity index is 571. The third-order valence-corrected chi connectivity index (χ3v) is 3.00. The van der Waals surface area contributed by atoms with Crippen molar-refractivity contribution in [2.45, 2.75) is 27.7 Å². The molecule has 120 valence electrons. The zero-order chi connectivity index (χ0) is 17.5. The van der Waals surface area contributed by atoms with Crippen LogP contribution in [-0.2, 0) is 7.05 Å². The number of thiazole rings is 1. The van der Waals surface area contributed by atoms with Crippen molar-refractivity contribution in [2.75, 3.05) is 0 Å². The first kappa shape index (κ1) is 22.4. The van der Waals surface area contributed by atoms with Gasteiger partial charge in [-0.15, -0.1) is 17.8 Å². The molecule has 2 heterocycles. The molecule has 0 atom stereocenters. The van der Waals surface area contributed by atoms with E-state index in [0.717, 1.165) is 16.5 Å². The number of aromatic nitrogens is 2. The van der Waals surface area contributed by atoms with E-state index >= 15 is 0 Å². The molecule has 22 heavy (non-hydrogen) atoms. The molecule has 0 bridgehead atoms. The number of aromatic carboxylic acids is 1. The maximum atomic E-state index is 10.2.